The van der Waals surface area contributed by atoms with Crippen molar-refractivity contribution in [3.63, 3.8) is 0 Å². The predicted octanol–water partition coefficient (Wildman–Crippen LogP) is 5.86. The highest BCUT2D eigenvalue weighted by molar-refractivity contribution is 14.1. The van der Waals surface area contributed by atoms with Crippen LogP contribution in [0.15, 0.2) is 30.3 Å². The molecule has 4 heteroatoms. The first kappa shape index (κ1) is 20.5. The van der Waals surface area contributed by atoms with E-state index in [0.717, 1.165) is 31.6 Å². The molecule has 0 aromatic heterocycles. The number of benzene rings is 2. The zero-order chi connectivity index (χ0) is 19.5. The molecule has 138 valence electrons. The van der Waals surface area contributed by atoms with Crippen LogP contribution in [0.5, 0.6) is 5.75 Å². The van der Waals surface area contributed by atoms with Gasteiger partial charge in [0.15, 0.2) is 0 Å². The van der Waals surface area contributed by atoms with E-state index in [4.69, 9.17) is 9.47 Å². The lowest BCUT2D eigenvalue weighted by atomic mass is 9.85. The monoisotopic (exact) mass is 464 g/mol. The van der Waals surface area contributed by atoms with E-state index in [2.05, 4.69) is 55.5 Å². The van der Waals surface area contributed by atoms with Gasteiger partial charge in [0.05, 0.1) is 19.8 Å². The van der Waals surface area contributed by atoms with E-state index in [-0.39, 0.29) is 11.4 Å². The third kappa shape index (κ3) is 4.67. The summed E-state index contributed by atoms with van der Waals surface area (Å²) in [7, 11) is 3.09. The van der Waals surface area contributed by atoms with Gasteiger partial charge >= 0.3 is 5.97 Å². The maximum absolute atomic E-state index is 12.1. The smallest absolute Gasteiger partial charge is 0.338 e. The van der Waals surface area contributed by atoms with Crippen molar-refractivity contribution < 1.29 is 14.3 Å². The number of carbonyl (C=O) groups is 1. The molecular weight excluding hydrogens is 439 g/mol. The fourth-order valence-electron chi connectivity index (χ4n) is 2.81. The first-order valence-electron chi connectivity index (χ1n) is 8.42. The van der Waals surface area contributed by atoms with Crippen molar-refractivity contribution in [3.8, 4) is 5.75 Å². The number of aryl methyl sites for hydroxylation is 1. The molecule has 0 amide bonds. The van der Waals surface area contributed by atoms with Crippen LogP contribution in [-0.2, 0) is 10.2 Å². The van der Waals surface area contributed by atoms with E-state index in [0.29, 0.717) is 5.56 Å². The summed E-state index contributed by atoms with van der Waals surface area (Å²) >= 11 is 2.32. The van der Waals surface area contributed by atoms with Crippen molar-refractivity contribution in [3.05, 3.63) is 61.7 Å². The van der Waals surface area contributed by atoms with Crippen LogP contribution in [0.4, 0.5) is 0 Å². The van der Waals surface area contributed by atoms with Gasteiger partial charge in [-0.1, -0.05) is 50.6 Å². The summed E-state index contributed by atoms with van der Waals surface area (Å²) in [6.07, 6.45) is 3.93. The lowest BCUT2D eigenvalue weighted by Gasteiger charge is -2.24. The average Bonchev–Trinajstić information content (AvgIpc) is 2.58. The molecule has 3 nitrogen and oxygen atoms in total. The van der Waals surface area contributed by atoms with Crippen LogP contribution in [0.3, 0.4) is 0 Å². The fourth-order valence-corrected chi connectivity index (χ4v) is 3.45. The maximum atomic E-state index is 12.1. The number of ether oxygens (including phenoxy) is 2. The Morgan fingerprint density at radius 3 is 2.27 bits per heavy atom. The minimum atomic E-state index is -0.335. The number of rotatable bonds is 4. The Hall–Kier alpha value is -1.82. The van der Waals surface area contributed by atoms with Gasteiger partial charge < -0.3 is 9.47 Å². The lowest BCUT2D eigenvalue weighted by molar-refractivity contribution is 0.0600. The molecule has 0 unspecified atom stereocenters. The summed E-state index contributed by atoms with van der Waals surface area (Å²) in [6.45, 7) is 8.47. The van der Waals surface area contributed by atoms with E-state index < -0.39 is 0 Å². The van der Waals surface area contributed by atoms with Crippen molar-refractivity contribution >= 4 is 40.7 Å². The van der Waals surface area contributed by atoms with Gasteiger partial charge in [-0.3, -0.25) is 0 Å². The fraction of sp³-hybridized carbons (Fsp3) is 0.318. The van der Waals surface area contributed by atoms with E-state index in [1.807, 2.05) is 37.3 Å². The molecule has 26 heavy (non-hydrogen) atoms. The molecule has 0 N–H and O–H groups in total. The maximum Gasteiger partial charge on any atom is 0.338 e. The molecule has 0 spiro atoms. The quantitative estimate of drug-likeness (QED) is 0.323. The highest BCUT2D eigenvalue weighted by Crippen LogP contribution is 2.36. The first-order valence-corrected chi connectivity index (χ1v) is 9.50. The minimum absolute atomic E-state index is 0.0316. The van der Waals surface area contributed by atoms with Gasteiger partial charge in [-0.25, -0.2) is 4.79 Å². The molecule has 0 saturated carbocycles. The standard InChI is InChI=1S/C22H25IO3/c1-14-7-8-15(18(11-14)21(24)26-6)9-10-16-12-17(23)13-19(20(16)25-5)22(2,3)4/h7-13H,1-6H3/b10-9+. The average molecular weight is 464 g/mol. The van der Waals surface area contributed by atoms with E-state index in [1.54, 1.807) is 7.11 Å². The van der Waals surface area contributed by atoms with Gasteiger partial charge in [-0.05, 0) is 58.7 Å². The molecule has 2 aromatic carbocycles. The normalized spacial score (nSPS) is 11.7. The zero-order valence-corrected chi connectivity index (χ0v) is 18.3. The second kappa shape index (κ2) is 8.25. The summed E-state index contributed by atoms with van der Waals surface area (Å²) in [5.74, 6) is 0.527. The second-order valence-corrected chi connectivity index (χ2v) is 8.49. The number of carbonyl (C=O) groups excluding carboxylic acids is 1. The van der Waals surface area contributed by atoms with E-state index in [1.165, 1.54) is 7.11 Å². The van der Waals surface area contributed by atoms with Crippen LogP contribution in [-0.4, -0.2) is 20.2 Å². The topological polar surface area (TPSA) is 35.5 Å². The second-order valence-electron chi connectivity index (χ2n) is 7.24. The molecule has 0 bridgehead atoms. The van der Waals surface area contributed by atoms with Crippen LogP contribution in [0.25, 0.3) is 12.2 Å². The van der Waals surface area contributed by atoms with Gasteiger partial charge in [0.25, 0.3) is 0 Å². The zero-order valence-electron chi connectivity index (χ0n) is 16.1. The molecule has 0 atom stereocenters. The minimum Gasteiger partial charge on any atom is -0.496 e. The highest BCUT2D eigenvalue weighted by Gasteiger charge is 2.21. The Kier molecular flexibility index (Phi) is 6.50. The van der Waals surface area contributed by atoms with Crippen LogP contribution in [0.2, 0.25) is 0 Å². The van der Waals surface area contributed by atoms with E-state index >= 15 is 0 Å². The van der Waals surface area contributed by atoms with Crippen molar-refractivity contribution in [2.75, 3.05) is 14.2 Å². The molecule has 0 aliphatic carbocycles. The van der Waals surface area contributed by atoms with Gasteiger partial charge in [0, 0.05) is 14.7 Å². The lowest BCUT2D eigenvalue weighted by Crippen LogP contribution is -2.14. The molecule has 0 aliphatic rings. The number of hydrogen-bond acceptors (Lipinski definition) is 3. The molecule has 2 rings (SSSR count). The Morgan fingerprint density at radius 1 is 1.04 bits per heavy atom. The summed E-state index contributed by atoms with van der Waals surface area (Å²) in [5.41, 5.74) is 4.51. The highest BCUT2D eigenvalue weighted by atomic mass is 127. The van der Waals surface area contributed by atoms with Crippen LogP contribution < -0.4 is 4.74 Å². The molecular formula is C22H25IO3. The summed E-state index contributed by atoms with van der Waals surface area (Å²) in [5, 5.41) is 0. The van der Waals surface area contributed by atoms with E-state index in [9.17, 15) is 4.79 Å². The Bertz CT molecular complexity index is 845. The predicted molar refractivity (Wildman–Crippen MR) is 116 cm³/mol. The largest absolute Gasteiger partial charge is 0.496 e. The SMILES string of the molecule is COC(=O)c1cc(C)ccc1/C=C/c1cc(I)cc(C(C)(C)C)c1OC. The number of hydrogen-bond donors (Lipinski definition) is 0. The summed E-state index contributed by atoms with van der Waals surface area (Å²) in [4.78, 5) is 12.1. The third-order valence-electron chi connectivity index (χ3n) is 4.15. The molecule has 2 aromatic rings. The van der Waals surface area contributed by atoms with Gasteiger partial charge in [-0.15, -0.1) is 0 Å². The molecule has 0 heterocycles. The first-order chi connectivity index (χ1) is 12.2. The Balaban J connectivity index is 2.56. The summed E-state index contributed by atoms with van der Waals surface area (Å²) < 4.78 is 11.8. The number of methoxy groups -OCH3 is 2. The van der Waals surface area contributed by atoms with Crippen molar-refractivity contribution in [1.29, 1.82) is 0 Å². The van der Waals surface area contributed by atoms with Crippen molar-refractivity contribution in [1.82, 2.24) is 0 Å². The van der Waals surface area contributed by atoms with Crippen LogP contribution >= 0.6 is 22.6 Å². The molecule has 0 aliphatic heterocycles. The van der Waals surface area contributed by atoms with Gasteiger partial charge in [-0.2, -0.15) is 0 Å². The molecule has 0 saturated heterocycles. The Labute approximate surface area is 169 Å². The summed E-state index contributed by atoms with van der Waals surface area (Å²) in [6, 6.07) is 10.00. The van der Waals surface area contributed by atoms with Gasteiger partial charge in [0.2, 0.25) is 0 Å². The molecule has 0 radical (unpaired) electrons. The van der Waals surface area contributed by atoms with Crippen molar-refractivity contribution in [2.24, 2.45) is 0 Å². The molecule has 0 fully saturated rings. The third-order valence-corrected chi connectivity index (χ3v) is 4.77. The number of esters is 1. The van der Waals surface area contributed by atoms with Gasteiger partial charge in [0.1, 0.15) is 5.75 Å². The number of halogens is 1. The van der Waals surface area contributed by atoms with Crippen LogP contribution in [0.1, 0.15) is 53.4 Å². The van der Waals surface area contributed by atoms with Crippen LogP contribution in [0, 0.1) is 10.5 Å². The van der Waals surface area contributed by atoms with Crippen molar-refractivity contribution in [2.45, 2.75) is 33.1 Å². The Morgan fingerprint density at radius 2 is 1.69 bits per heavy atom.